The molecule has 1 fully saturated rings. The van der Waals surface area contributed by atoms with Crippen LogP contribution in [0.3, 0.4) is 0 Å². The molecule has 0 radical (unpaired) electrons. The van der Waals surface area contributed by atoms with Gasteiger partial charge in [-0.05, 0) is 49.7 Å². The van der Waals surface area contributed by atoms with Crippen molar-refractivity contribution in [3.8, 4) is 5.69 Å². The van der Waals surface area contributed by atoms with E-state index in [2.05, 4.69) is 65.9 Å². The predicted molar refractivity (Wildman–Crippen MR) is 125 cm³/mol. The molecule has 0 saturated carbocycles. The number of anilines is 1. The molecule has 5 rings (SSSR count). The summed E-state index contributed by atoms with van der Waals surface area (Å²) in [5.74, 6) is 1.99. The SMILES string of the molecule is Cc1nnc2n1-c1ccccc1N(CCCN1CCN(Cc3ccc(Cl)cc3)CC1)C2. The second-order valence-corrected chi connectivity index (χ2v) is 8.94. The zero-order valence-electron chi connectivity index (χ0n) is 18.0. The third-order valence-corrected chi connectivity index (χ3v) is 6.63. The predicted octanol–water partition coefficient (Wildman–Crippen LogP) is 3.76. The highest BCUT2D eigenvalue weighted by molar-refractivity contribution is 6.30. The minimum atomic E-state index is 0.806. The van der Waals surface area contributed by atoms with Crippen LogP contribution in [0.15, 0.2) is 48.5 Å². The lowest BCUT2D eigenvalue weighted by Gasteiger charge is -2.36. The third-order valence-electron chi connectivity index (χ3n) is 6.37. The molecule has 2 aliphatic heterocycles. The van der Waals surface area contributed by atoms with Crippen LogP contribution in [0.4, 0.5) is 5.69 Å². The van der Waals surface area contributed by atoms with Gasteiger partial charge >= 0.3 is 0 Å². The Morgan fingerprint density at radius 1 is 0.839 bits per heavy atom. The smallest absolute Gasteiger partial charge is 0.157 e. The molecule has 2 aromatic carbocycles. The Balaban J connectivity index is 1.12. The molecule has 7 heteroatoms. The second kappa shape index (κ2) is 8.99. The number of fused-ring (bicyclic) bond motifs is 3. The lowest BCUT2D eigenvalue weighted by Crippen LogP contribution is -2.46. The van der Waals surface area contributed by atoms with Crippen molar-refractivity contribution in [3.05, 3.63) is 70.8 Å². The Hall–Kier alpha value is -2.41. The highest BCUT2D eigenvalue weighted by Gasteiger charge is 2.24. The molecule has 6 nitrogen and oxygen atoms in total. The van der Waals surface area contributed by atoms with Crippen LogP contribution >= 0.6 is 11.6 Å². The largest absolute Gasteiger partial charge is 0.362 e. The molecule has 3 heterocycles. The summed E-state index contributed by atoms with van der Waals surface area (Å²) >= 11 is 6.00. The highest BCUT2D eigenvalue weighted by atomic mass is 35.5. The van der Waals surface area contributed by atoms with Crippen LogP contribution in [-0.2, 0) is 13.1 Å². The Bertz CT molecular complexity index is 1020. The lowest BCUT2D eigenvalue weighted by atomic mass is 10.1. The van der Waals surface area contributed by atoms with Crippen LogP contribution < -0.4 is 4.90 Å². The highest BCUT2D eigenvalue weighted by Crippen LogP contribution is 2.32. The number of nitrogens with zero attached hydrogens (tertiary/aromatic N) is 6. The summed E-state index contributed by atoms with van der Waals surface area (Å²) < 4.78 is 2.19. The average Bonchev–Trinajstić information content (AvgIpc) is 3.17. The van der Waals surface area contributed by atoms with Gasteiger partial charge in [0, 0.05) is 44.3 Å². The van der Waals surface area contributed by atoms with Gasteiger partial charge < -0.3 is 9.80 Å². The quantitative estimate of drug-likeness (QED) is 0.588. The summed E-state index contributed by atoms with van der Waals surface area (Å²) in [6.45, 7) is 10.6. The summed E-state index contributed by atoms with van der Waals surface area (Å²) in [5, 5.41) is 9.50. The number of halogens is 1. The van der Waals surface area contributed by atoms with Gasteiger partial charge in [-0.2, -0.15) is 0 Å². The van der Waals surface area contributed by atoms with E-state index in [0.29, 0.717) is 0 Å². The number of piperazine rings is 1. The maximum Gasteiger partial charge on any atom is 0.157 e. The van der Waals surface area contributed by atoms with Crippen molar-refractivity contribution in [1.29, 1.82) is 0 Å². The second-order valence-electron chi connectivity index (χ2n) is 8.51. The molecule has 1 aromatic heterocycles. The summed E-state index contributed by atoms with van der Waals surface area (Å²) in [4.78, 5) is 7.59. The van der Waals surface area contributed by atoms with Gasteiger partial charge in [-0.1, -0.05) is 35.9 Å². The average molecular weight is 437 g/mol. The zero-order valence-corrected chi connectivity index (χ0v) is 18.8. The molecule has 0 spiro atoms. The van der Waals surface area contributed by atoms with Crippen LogP contribution in [0.25, 0.3) is 5.69 Å². The summed E-state index contributed by atoms with van der Waals surface area (Å²) in [7, 11) is 0. The maximum absolute atomic E-state index is 6.00. The van der Waals surface area contributed by atoms with Gasteiger partial charge in [0.25, 0.3) is 0 Å². The van der Waals surface area contributed by atoms with E-state index in [4.69, 9.17) is 11.6 Å². The minimum absolute atomic E-state index is 0.806. The Morgan fingerprint density at radius 2 is 1.55 bits per heavy atom. The number of aryl methyl sites for hydroxylation is 1. The first-order chi connectivity index (χ1) is 15.2. The summed E-state index contributed by atoms with van der Waals surface area (Å²) in [5.41, 5.74) is 3.82. The van der Waals surface area contributed by atoms with Crippen molar-refractivity contribution < 1.29 is 0 Å². The van der Waals surface area contributed by atoms with E-state index in [1.807, 2.05) is 19.1 Å². The zero-order chi connectivity index (χ0) is 21.2. The van der Waals surface area contributed by atoms with Crippen LogP contribution in [0.5, 0.6) is 0 Å². The normalized spacial score (nSPS) is 16.9. The fraction of sp³-hybridized carbons (Fsp3) is 0.417. The lowest BCUT2D eigenvalue weighted by molar-refractivity contribution is 0.126. The van der Waals surface area contributed by atoms with Crippen molar-refractivity contribution in [2.45, 2.75) is 26.4 Å². The molecule has 0 amide bonds. The van der Waals surface area contributed by atoms with Gasteiger partial charge in [-0.15, -0.1) is 10.2 Å². The molecule has 0 N–H and O–H groups in total. The minimum Gasteiger partial charge on any atom is -0.362 e. The summed E-state index contributed by atoms with van der Waals surface area (Å²) in [6, 6.07) is 16.8. The number of benzene rings is 2. The number of aromatic nitrogens is 3. The number of para-hydroxylation sites is 2. The molecule has 2 aliphatic rings. The first-order valence-corrected chi connectivity index (χ1v) is 11.5. The van der Waals surface area contributed by atoms with Crippen molar-refractivity contribution in [2.75, 3.05) is 44.2 Å². The molecular formula is C24H29ClN6. The first-order valence-electron chi connectivity index (χ1n) is 11.1. The van der Waals surface area contributed by atoms with Gasteiger partial charge in [0.05, 0.1) is 17.9 Å². The summed E-state index contributed by atoms with van der Waals surface area (Å²) in [6.07, 6.45) is 1.15. The number of hydrogen-bond acceptors (Lipinski definition) is 5. The molecule has 1 saturated heterocycles. The van der Waals surface area contributed by atoms with Crippen LogP contribution in [-0.4, -0.2) is 63.8 Å². The van der Waals surface area contributed by atoms with E-state index in [1.165, 1.54) is 16.9 Å². The molecule has 31 heavy (non-hydrogen) atoms. The van der Waals surface area contributed by atoms with Crippen LogP contribution in [0.1, 0.15) is 23.6 Å². The van der Waals surface area contributed by atoms with Crippen molar-refractivity contribution in [3.63, 3.8) is 0 Å². The van der Waals surface area contributed by atoms with Crippen LogP contribution in [0, 0.1) is 6.92 Å². The topological polar surface area (TPSA) is 40.4 Å². The molecule has 162 valence electrons. The number of rotatable bonds is 6. The van der Waals surface area contributed by atoms with Gasteiger partial charge in [0.1, 0.15) is 5.82 Å². The van der Waals surface area contributed by atoms with Crippen molar-refractivity contribution in [1.82, 2.24) is 24.6 Å². The first kappa shape index (κ1) is 20.5. The number of hydrogen-bond donors (Lipinski definition) is 0. The van der Waals surface area contributed by atoms with Crippen molar-refractivity contribution in [2.24, 2.45) is 0 Å². The van der Waals surface area contributed by atoms with Gasteiger partial charge in [0.15, 0.2) is 5.82 Å². The third kappa shape index (κ3) is 4.47. The van der Waals surface area contributed by atoms with Gasteiger partial charge in [0.2, 0.25) is 0 Å². The Kier molecular flexibility index (Phi) is 5.94. The molecule has 3 aromatic rings. The maximum atomic E-state index is 6.00. The van der Waals surface area contributed by atoms with Crippen molar-refractivity contribution >= 4 is 17.3 Å². The van der Waals surface area contributed by atoms with E-state index in [1.54, 1.807) is 0 Å². The van der Waals surface area contributed by atoms with Gasteiger partial charge in [-0.25, -0.2) is 0 Å². The molecular weight excluding hydrogens is 408 g/mol. The Labute approximate surface area is 189 Å². The molecule has 0 unspecified atom stereocenters. The molecule has 0 atom stereocenters. The monoisotopic (exact) mass is 436 g/mol. The van der Waals surface area contributed by atoms with Crippen LogP contribution in [0.2, 0.25) is 5.02 Å². The van der Waals surface area contributed by atoms with E-state index in [0.717, 1.165) is 75.5 Å². The van der Waals surface area contributed by atoms with E-state index in [9.17, 15) is 0 Å². The standard InChI is InChI=1S/C24H29ClN6/c1-19-26-27-24-18-30(22-5-2-3-6-23(22)31(19)24)12-4-11-28-13-15-29(16-14-28)17-20-7-9-21(25)10-8-20/h2-3,5-10H,4,11-18H2,1H3. The van der Waals surface area contributed by atoms with E-state index in [-0.39, 0.29) is 0 Å². The van der Waals surface area contributed by atoms with E-state index < -0.39 is 0 Å². The fourth-order valence-electron chi connectivity index (χ4n) is 4.70. The molecule has 0 aliphatic carbocycles. The van der Waals surface area contributed by atoms with E-state index >= 15 is 0 Å². The fourth-order valence-corrected chi connectivity index (χ4v) is 4.83. The van der Waals surface area contributed by atoms with Gasteiger partial charge in [-0.3, -0.25) is 9.47 Å². The molecule has 0 bridgehead atoms. The Morgan fingerprint density at radius 3 is 2.32 bits per heavy atom.